The highest BCUT2D eigenvalue weighted by atomic mass is 19.4. The lowest BCUT2D eigenvalue weighted by atomic mass is 10.0. The van der Waals surface area contributed by atoms with Crippen LogP contribution in [-0.2, 0) is 4.74 Å². The third-order valence-corrected chi connectivity index (χ3v) is 2.92. The molecule has 0 aliphatic rings. The first kappa shape index (κ1) is 17.8. The quantitative estimate of drug-likeness (QED) is 0.609. The van der Waals surface area contributed by atoms with Gasteiger partial charge < -0.3 is 10.1 Å². The van der Waals surface area contributed by atoms with Crippen molar-refractivity contribution in [1.82, 2.24) is 5.32 Å². The SMILES string of the molecule is CCNC(CCOCC(F)(F)F)c1cc(F)c(C)cc1F. The maximum absolute atomic E-state index is 13.9. The number of alkyl halides is 3. The molecule has 0 amide bonds. The lowest BCUT2D eigenvalue weighted by Gasteiger charge is -2.20. The van der Waals surface area contributed by atoms with Gasteiger partial charge >= 0.3 is 6.18 Å². The second-order valence-electron chi connectivity index (χ2n) is 4.69. The number of rotatable bonds is 7. The van der Waals surface area contributed by atoms with E-state index in [2.05, 4.69) is 10.1 Å². The van der Waals surface area contributed by atoms with Gasteiger partial charge in [-0.05, 0) is 37.6 Å². The van der Waals surface area contributed by atoms with Gasteiger partial charge in [0.1, 0.15) is 18.2 Å². The zero-order valence-electron chi connectivity index (χ0n) is 11.9. The van der Waals surface area contributed by atoms with E-state index in [-0.39, 0.29) is 24.2 Å². The number of benzene rings is 1. The summed E-state index contributed by atoms with van der Waals surface area (Å²) in [6.07, 6.45) is -4.28. The van der Waals surface area contributed by atoms with Gasteiger partial charge in [-0.25, -0.2) is 8.78 Å². The summed E-state index contributed by atoms with van der Waals surface area (Å²) in [4.78, 5) is 0. The standard InChI is InChI=1S/C14H18F5NO/c1-3-20-13(4-5-21-8-14(17,18)19)10-7-11(15)9(2)6-12(10)16/h6-7,13,20H,3-5,8H2,1-2H3. The summed E-state index contributed by atoms with van der Waals surface area (Å²) < 4.78 is 67.8. The van der Waals surface area contributed by atoms with Gasteiger partial charge in [-0.1, -0.05) is 6.92 Å². The molecule has 1 aromatic rings. The molecule has 1 unspecified atom stereocenters. The average molecular weight is 311 g/mol. The maximum atomic E-state index is 13.9. The van der Waals surface area contributed by atoms with E-state index in [0.29, 0.717) is 6.54 Å². The summed E-state index contributed by atoms with van der Waals surface area (Å²) in [5.74, 6) is -1.14. The smallest absolute Gasteiger partial charge is 0.372 e. The van der Waals surface area contributed by atoms with Crippen molar-refractivity contribution in [1.29, 1.82) is 0 Å². The molecular formula is C14H18F5NO. The number of halogens is 5. The van der Waals surface area contributed by atoms with E-state index in [0.717, 1.165) is 12.1 Å². The van der Waals surface area contributed by atoms with E-state index < -0.39 is 30.5 Å². The van der Waals surface area contributed by atoms with Crippen molar-refractivity contribution in [2.75, 3.05) is 19.8 Å². The molecule has 7 heteroatoms. The van der Waals surface area contributed by atoms with Crippen molar-refractivity contribution in [3.8, 4) is 0 Å². The molecule has 1 atom stereocenters. The van der Waals surface area contributed by atoms with E-state index in [1.54, 1.807) is 6.92 Å². The minimum atomic E-state index is -4.39. The highest BCUT2D eigenvalue weighted by Gasteiger charge is 2.27. The average Bonchev–Trinajstić information content (AvgIpc) is 2.36. The first-order valence-corrected chi connectivity index (χ1v) is 6.58. The van der Waals surface area contributed by atoms with Gasteiger partial charge in [0.25, 0.3) is 0 Å². The van der Waals surface area contributed by atoms with Gasteiger partial charge in [0.05, 0.1) is 0 Å². The molecule has 0 spiro atoms. The molecule has 1 aromatic carbocycles. The number of hydrogen-bond donors (Lipinski definition) is 1. The molecule has 0 aliphatic heterocycles. The van der Waals surface area contributed by atoms with E-state index >= 15 is 0 Å². The highest BCUT2D eigenvalue weighted by molar-refractivity contribution is 5.27. The third-order valence-electron chi connectivity index (χ3n) is 2.92. The van der Waals surface area contributed by atoms with Gasteiger partial charge in [0, 0.05) is 18.2 Å². The van der Waals surface area contributed by atoms with Crippen molar-refractivity contribution < 1.29 is 26.7 Å². The van der Waals surface area contributed by atoms with Crippen molar-refractivity contribution in [3.63, 3.8) is 0 Å². The summed E-state index contributed by atoms with van der Waals surface area (Å²) in [7, 11) is 0. The lowest BCUT2D eigenvalue weighted by molar-refractivity contribution is -0.174. The predicted octanol–water partition coefficient (Wildman–Crippen LogP) is 3.89. The highest BCUT2D eigenvalue weighted by Crippen LogP contribution is 2.24. The number of aryl methyl sites for hydroxylation is 1. The van der Waals surface area contributed by atoms with Crippen LogP contribution < -0.4 is 5.32 Å². The third kappa shape index (κ3) is 5.97. The molecule has 120 valence electrons. The molecular weight excluding hydrogens is 293 g/mol. The van der Waals surface area contributed by atoms with Crippen molar-refractivity contribution >= 4 is 0 Å². The Hall–Kier alpha value is -1.21. The van der Waals surface area contributed by atoms with E-state index in [9.17, 15) is 22.0 Å². The summed E-state index contributed by atoms with van der Waals surface area (Å²) in [6, 6.07) is 1.55. The number of ether oxygens (including phenoxy) is 1. The predicted molar refractivity (Wildman–Crippen MR) is 69.0 cm³/mol. The van der Waals surface area contributed by atoms with Gasteiger partial charge in [0.15, 0.2) is 0 Å². The zero-order chi connectivity index (χ0) is 16.0. The Bertz CT molecular complexity index is 461. The molecule has 1 rings (SSSR count). The van der Waals surface area contributed by atoms with Crippen LogP contribution in [0.4, 0.5) is 22.0 Å². The molecule has 0 saturated carbocycles. The lowest BCUT2D eigenvalue weighted by Crippen LogP contribution is -2.25. The fraction of sp³-hybridized carbons (Fsp3) is 0.571. The van der Waals surface area contributed by atoms with E-state index in [1.165, 1.54) is 6.92 Å². The summed E-state index contributed by atoms with van der Waals surface area (Å²) in [5, 5.41) is 2.92. The zero-order valence-corrected chi connectivity index (χ0v) is 11.9. The Morgan fingerprint density at radius 2 is 1.86 bits per heavy atom. The molecule has 0 fully saturated rings. The van der Waals surface area contributed by atoms with Gasteiger partial charge in [-0.15, -0.1) is 0 Å². The first-order chi connectivity index (χ1) is 9.74. The summed E-state index contributed by atoms with van der Waals surface area (Å²) in [5.41, 5.74) is 0.273. The molecule has 0 saturated heterocycles. The Morgan fingerprint density at radius 3 is 2.43 bits per heavy atom. The fourth-order valence-electron chi connectivity index (χ4n) is 1.93. The van der Waals surface area contributed by atoms with E-state index in [1.807, 2.05) is 0 Å². The van der Waals surface area contributed by atoms with Crippen LogP contribution in [-0.4, -0.2) is 25.9 Å². The van der Waals surface area contributed by atoms with Crippen LogP contribution in [0.25, 0.3) is 0 Å². The maximum Gasteiger partial charge on any atom is 0.411 e. The molecule has 0 aromatic heterocycles. The van der Waals surface area contributed by atoms with Crippen LogP contribution in [0.15, 0.2) is 12.1 Å². The van der Waals surface area contributed by atoms with Crippen LogP contribution in [0.5, 0.6) is 0 Å². The van der Waals surface area contributed by atoms with Gasteiger partial charge in [-0.3, -0.25) is 0 Å². The first-order valence-electron chi connectivity index (χ1n) is 6.58. The van der Waals surface area contributed by atoms with Crippen LogP contribution in [0, 0.1) is 18.6 Å². The Labute approximate surface area is 120 Å². The topological polar surface area (TPSA) is 21.3 Å². The van der Waals surface area contributed by atoms with Crippen LogP contribution in [0.1, 0.15) is 30.5 Å². The number of nitrogens with one attached hydrogen (secondary N) is 1. The molecule has 0 aliphatic carbocycles. The molecule has 0 heterocycles. The fourth-order valence-corrected chi connectivity index (χ4v) is 1.93. The molecule has 2 nitrogen and oxygen atoms in total. The van der Waals surface area contributed by atoms with Crippen molar-refractivity contribution in [2.24, 2.45) is 0 Å². The Kier molecular flexibility index (Phi) is 6.54. The van der Waals surface area contributed by atoms with Crippen LogP contribution in [0.2, 0.25) is 0 Å². The van der Waals surface area contributed by atoms with Crippen molar-refractivity contribution in [2.45, 2.75) is 32.5 Å². The van der Waals surface area contributed by atoms with Gasteiger partial charge in [0.2, 0.25) is 0 Å². The monoisotopic (exact) mass is 311 g/mol. The minimum absolute atomic E-state index is 0.0931. The Balaban J connectivity index is 2.71. The van der Waals surface area contributed by atoms with Crippen LogP contribution in [0.3, 0.4) is 0 Å². The second kappa shape index (κ2) is 7.70. The minimum Gasteiger partial charge on any atom is -0.372 e. The molecule has 0 radical (unpaired) electrons. The van der Waals surface area contributed by atoms with Crippen LogP contribution >= 0.6 is 0 Å². The van der Waals surface area contributed by atoms with Gasteiger partial charge in [-0.2, -0.15) is 13.2 Å². The van der Waals surface area contributed by atoms with E-state index in [4.69, 9.17) is 0 Å². The Morgan fingerprint density at radius 1 is 1.19 bits per heavy atom. The van der Waals surface area contributed by atoms with Crippen molar-refractivity contribution in [3.05, 3.63) is 34.9 Å². The molecule has 21 heavy (non-hydrogen) atoms. The summed E-state index contributed by atoms with van der Waals surface area (Å²) >= 11 is 0. The second-order valence-corrected chi connectivity index (χ2v) is 4.69. The molecule has 1 N–H and O–H groups in total. The molecule has 0 bridgehead atoms. The normalized spacial score (nSPS) is 13.5. The number of hydrogen-bond acceptors (Lipinski definition) is 2. The summed E-state index contributed by atoms with van der Waals surface area (Å²) in [6.45, 7) is 2.13. The largest absolute Gasteiger partial charge is 0.411 e.